The lowest BCUT2D eigenvalue weighted by atomic mass is 9.83. The van der Waals surface area contributed by atoms with Gasteiger partial charge in [0.15, 0.2) is 9.84 Å². The molecule has 2 aromatic carbocycles. The van der Waals surface area contributed by atoms with Gasteiger partial charge in [-0.25, -0.2) is 13.4 Å². The van der Waals surface area contributed by atoms with E-state index in [1.165, 1.54) is 12.5 Å². The molecule has 6 nitrogen and oxygen atoms in total. The summed E-state index contributed by atoms with van der Waals surface area (Å²) in [7, 11) is -3.28. The summed E-state index contributed by atoms with van der Waals surface area (Å²) in [5, 5.41) is 9.70. The first kappa shape index (κ1) is 18.8. The molecule has 2 atom stereocenters. The van der Waals surface area contributed by atoms with Crippen LogP contribution in [0, 0.1) is 0 Å². The van der Waals surface area contributed by atoms with E-state index in [0.29, 0.717) is 0 Å². The SMILES string of the molecule is CC(c1ccccc1-c1ccc(S(C)(=O)=O)cc1)C(C(=O)O)c1ncco1. The molecule has 1 N–H and O–H groups in total. The van der Waals surface area contributed by atoms with Gasteiger partial charge in [0.25, 0.3) is 0 Å². The number of aliphatic carboxylic acids is 1. The molecule has 0 radical (unpaired) electrons. The van der Waals surface area contributed by atoms with E-state index < -0.39 is 27.6 Å². The Morgan fingerprint density at radius 3 is 2.33 bits per heavy atom. The molecule has 140 valence electrons. The fourth-order valence-electron chi connectivity index (χ4n) is 3.14. The predicted molar refractivity (Wildman–Crippen MR) is 100 cm³/mol. The maximum atomic E-state index is 11.8. The van der Waals surface area contributed by atoms with Crippen molar-refractivity contribution in [3.63, 3.8) is 0 Å². The summed E-state index contributed by atoms with van der Waals surface area (Å²) < 4.78 is 28.6. The number of rotatable bonds is 6. The summed E-state index contributed by atoms with van der Waals surface area (Å²) in [6.07, 6.45) is 3.94. The van der Waals surface area contributed by atoms with Crippen LogP contribution in [0.1, 0.15) is 30.2 Å². The Hall–Kier alpha value is -2.93. The van der Waals surface area contributed by atoms with E-state index in [0.717, 1.165) is 22.9 Å². The predicted octanol–water partition coefficient (Wildman–Crippen LogP) is 3.72. The molecule has 0 aliphatic carbocycles. The molecule has 0 amide bonds. The van der Waals surface area contributed by atoms with Crippen molar-refractivity contribution in [1.82, 2.24) is 4.98 Å². The number of aromatic nitrogens is 1. The van der Waals surface area contributed by atoms with E-state index in [1.807, 2.05) is 31.2 Å². The van der Waals surface area contributed by atoms with Gasteiger partial charge in [0.1, 0.15) is 12.2 Å². The molecule has 7 heteroatoms. The van der Waals surface area contributed by atoms with Crippen molar-refractivity contribution in [3.05, 3.63) is 72.4 Å². The third kappa shape index (κ3) is 3.93. The van der Waals surface area contributed by atoms with Gasteiger partial charge in [0.05, 0.1) is 11.1 Å². The van der Waals surface area contributed by atoms with Crippen LogP contribution in [-0.4, -0.2) is 30.7 Å². The van der Waals surface area contributed by atoms with Gasteiger partial charge in [-0.2, -0.15) is 0 Å². The average molecular weight is 385 g/mol. The second kappa shape index (κ2) is 7.36. The molecule has 0 aliphatic heterocycles. The Morgan fingerprint density at radius 2 is 1.78 bits per heavy atom. The molecule has 0 saturated carbocycles. The maximum absolute atomic E-state index is 11.8. The number of carbonyl (C=O) groups is 1. The zero-order chi connectivity index (χ0) is 19.6. The minimum atomic E-state index is -3.28. The molecule has 1 aromatic heterocycles. The first-order valence-electron chi connectivity index (χ1n) is 8.30. The van der Waals surface area contributed by atoms with Crippen LogP contribution in [0.25, 0.3) is 11.1 Å². The van der Waals surface area contributed by atoms with Gasteiger partial charge in [-0.05, 0) is 28.8 Å². The minimum absolute atomic E-state index is 0.150. The van der Waals surface area contributed by atoms with Crippen molar-refractivity contribution in [3.8, 4) is 11.1 Å². The monoisotopic (exact) mass is 385 g/mol. The van der Waals surface area contributed by atoms with Crippen LogP contribution >= 0.6 is 0 Å². The van der Waals surface area contributed by atoms with Gasteiger partial charge in [-0.15, -0.1) is 0 Å². The van der Waals surface area contributed by atoms with Gasteiger partial charge in [-0.3, -0.25) is 4.79 Å². The van der Waals surface area contributed by atoms with E-state index in [2.05, 4.69) is 4.98 Å². The number of benzene rings is 2. The Balaban J connectivity index is 2.04. The van der Waals surface area contributed by atoms with Gasteiger partial charge in [-0.1, -0.05) is 43.3 Å². The lowest BCUT2D eigenvalue weighted by Crippen LogP contribution is -2.19. The fraction of sp³-hybridized carbons (Fsp3) is 0.200. The summed E-state index contributed by atoms with van der Waals surface area (Å²) in [6, 6.07) is 14.0. The second-order valence-corrected chi connectivity index (χ2v) is 8.37. The minimum Gasteiger partial charge on any atom is -0.481 e. The Labute approximate surface area is 157 Å². The van der Waals surface area contributed by atoms with E-state index in [9.17, 15) is 18.3 Å². The number of oxazole rings is 1. The first-order chi connectivity index (χ1) is 12.8. The molecule has 0 bridgehead atoms. The van der Waals surface area contributed by atoms with Crippen molar-refractivity contribution in [2.75, 3.05) is 6.26 Å². The summed E-state index contributed by atoms with van der Waals surface area (Å²) in [6.45, 7) is 1.81. The highest BCUT2D eigenvalue weighted by atomic mass is 32.2. The Morgan fingerprint density at radius 1 is 1.11 bits per heavy atom. The number of carboxylic acids is 1. The van der Waals surface area contributed by atoms with E-state index in [-0.39, 0.29) is 10.8 Å². The van der Waals surface area contributed by atoms with Crippen LogP contribution in [0.4, 0.5) is 0 Å². The van der Waals surface area contributed by atoms with Crippen LogP contribution in [0.2, 0.25) is 0 Å². The quantitative estimate of drug-likeness (QED) is 0.694. The van der Waals surface area contributed by atoms with Crippen LogP contribution in [0.5, 0.6) is 0 Å². The smallest absolute Gasteiger partial charge is 0.316 e. The van der Waals surface area contributed by atoms with Gasteiger partial charge >= 0.3 is 5.97 Å². The van der Waals surface area contributed by atoms with Crippen LogP contribution in [0.15, 0.2) is 70.3 Å². The van der Waals surface area contributed by atoms with E-state index >= 15 is 0 Å². The van der Waals surface area contributed by atoms with Crippen molar-refractivity contribution in [2.45, 2.75) is 23.7 Å². The third-order valence-electron chi connectivity index (χ3n) is 4.53. The normalized spacial score (nSPS) is 13.9. The molecular weight excluding hydrogens is 366 g/mol. The number of sulfone groups is 1. The van der Waals surface area contributed by atoms with E-state index in [1.54, 1.807) is 24.3 Å². The van der Waals surface area contributed by atoms with E-state index in [4.69, 9.17) is 4.42 Å². The standard InChI is InChI=1S/C20H19NO5S/c1-13(18(20(22)23)19-21-11-12-26-19)16-5-3-4-6-17(16)14-7-9-15(10-8-14)27(2,24)25/h3-13,18H,1-2H3,(H,22,23). The maximum Gasteiger partial charge on any atom is 0.316 e. The molecule has 3 rings (SSSR count). The largest absolute Gasteiger partial charge is 0.481 e. The summed E-state index contributed by atoms with van der Waals surface area (Å²) >= 11 is 0. The number of hydrogen-bond acceptors (Lipinski definition) is 5. The Bertz CT molecular complexity index is 1040. The lowest BCUT2D eigenvalue weighted by molar-refractivity contribution is -0.139. The first-order valence-corrected chi connectivity index (χ1v) is 10.2. The highest BCUT2D eigenvalue weighted by Gasteiger charge is 2.32. The second-order valence-electron chi connectivity index (χ2n) is 6.36. The van der Waals surface area contributed by atoms with Crippen LogP contribution in [-0.2, 0) is 14.6 Å². The zero-order valence-corrected chi connectivity index (χ0v) is 15.7. The summed E-state index contributed by atoms with van der Waals surface area (Å²) in [4.78, 5) is 16.1. The number of nitrogens with zero attached hydrogens (tertiary/aromatic N) is 1. The number of carboxylic acid groups (broad SMARTS) is 1. The van der Waals surface area contributed by atoms with Crippen LogP contribution < -0.4 is 0 Å². The third-order valence-corrected chi connectivity index (χ3v) is 5.66. The molecule has 0 saturated heterocycles. The summed E-state index contributed by atoms with van der Waals surface area (Å²) in [5.74, 6) is -2.22. The average Bonchev–Trinajstić information content (AvgIpc) is 3.15. The van der Waals surface area contributed by atoms with Crippen LogP contribution in [0.3, 0.4) is 0 Å². The molecule has 2 unspecified atom stereocenters. The fourth-order valence-corrected chi connectivity index (χ4v) is 3.77. The van der Waals surface area contributed by atoms with Crippen molar-refractivity contribution in [2.24, 2.45) is 0 Å². The highest BCUT2D eigenvalue weighted by Crippen LogP contribution is 2.37. The molecule has 27 heavy (non-hydrogen) atoms. The zero-order valence-electron chi connectivity index (χ0n) is 14.9. The topological polar surface area (TPSA) is 97.5 Å². The molecule has 0 fully saturated rings. The molecule has 1 heterocycles. The molecule has 0 spiro atoms. The van der Waals surface area contributed by atoms with Gasteiger partial charge < -0.3 is 9.52 Å². The number of hydrogen-bond donors (Lipinski definition) is 1. The molecule has 0 aliphatic rings. The van der Waals surface area contributed by atoms with Gasteiger partial charge in [0.2, 0.25) is 5.89 Å². The van der Waals surface area contributed by atoms with Crippen molar-refractivity contribution in [1.29, 1.82) is 0 Å². The highest BCUT2D eigenvalue weighted by molar-refractivity contribution is 7.90. The lowest BCUT2D eigenvalue weighted by Gasteiger charge is -2.21. The summed E-state index contributed by atoms with van der Waals surface area (Å²) in [5.41, 5.74) is 2.46. The van der Waals surface area contributed by atoms with Crippen molar-refractivity contribution >= 4 is 15.8 Å². The van der Waals surface area contributed by atoms with Gasteiger partial charge in [0, 0.05) is 12.2 Å². The molecular formula is C20H19NO5S. The molecule has 3 aromatic rings. The Kier molecular flexibility index (Phi) is 5.14. The van der Waals surface area contributed by atoms with Crippen molar-refractivity contribution < 1.29 is 22.7 Å².